The van der Waals surface area contributed by atoms with Crippen molar-refractivity contribution in [3.8, 4) is 0 Å². The van der Waals surface area contributed by atoms with E-state index in [2.05, 4.69) is 17.4 Å². The van der Waals surface area contributed by atoms with Crippen molar-refractivity contribution in [2.45, 2.75) is 64.5 Å². The van der Waals surface area contributed by atoms with E-state index in [-0.39, 0.29) is 35.3 Å². The van der Waals surface area contributed by atoms with Crippen molar-refractivity contribution in [3.05, 3.63) is 116 Å². The number of rotatable bonds is 8. The molecule has 3 amide bonds. The summed E-state index contributed by atoms with van der Waals surface area (Å²) in [6, 6.07) is 19.3. The Kier molecular flexibility index (Phi) is 9.27. The molecule has 3 aromatic carbocycles. The van der Waals surface area contributed by atoms with Crippen molar-refractivity contribution in [1.29, 1.82) is 0 Å². The number of nitrogens with one attached hydrogen (secondary N) is 1. The van der Waals surface area contributed by atoms with Gasteiger partial charge < -0.3 is 19.5 Å². The Labute approximate surface area is 273 Å². The minimum atomic E-state index is -0.876. The lowest BCUT2D eigenvalue weighted by Crippen LogP contribution is -2.51. The largest absolute Gasteiger partial charge is 0.451 e. The van der Waals surface area contributed by atoms with Crippen LogP contribution in [-0.4, -0.2) is 53.2 Å². The summed E-state index contributed by atoms with van der Waals surface area (Å²) in [4.78, 5) is 56.5. The molecule has 0 aliphatic carbocycles. The van der Waals surface area contributed by atoms with Gasteiger partial charge in [-0.25, -0.2) is 0 Å². The highest BCUT2D eigenvalue weighted by molar-refractivity contribution is 6.30. The summed E-state index contributed by atoms with van der Waals surface area (Å²) in [6.45, 7) is 6.32. The number of aryl methyl sites for hydroxylation is 2. The van der Waals surface area contributed by atoms with Crippen molar-refractivity contribution < 1.29 is 18.8 Å². The predicted octanol–water partition coefficient (Wildman–Crippen LogP) is 5.93. The van der Waals surface area contributed by atoms with Crippen molar-refractivity contribution in [3.63, 3.8) is 0 Å². The van der Waals surface area contributed by atoms with E-state index in [9.17, 15) is 19.2 Å². The first-order valence-corrected chi connectivity index (χ1v) is 16.3. The monoisotopic (exact) mass is 639 g/mol. The highest BCUT2D eigenvalue weighted by Crippen LogP contribution is 2.32. The molecule has 8 nitrogen and oxygen atoms in total. The molecule has 2 aliphatic heterocycles. The van der Waals surface area contributed by atoms with E-state index < -0.39 is 11.9 Å². The quantitative estimate of drug-likeness (QED) is 0.258. The van der Waals surface area contributed by atoms with Crippen LogP contribution in [-0.2, 0) is 22.6 Å². The summed E-state index contributed by atoms with van der Waals surface area (Å²) < 4.78 is 5.88. The molecule has 9 heteroatoms. The predicted molar refractivity (Wildman–Crippen MR) is 178 cm³/mol. The third kappa shape index (κ3) is 6.87. The molecular formula is C37H38ClN3O5. The van der Waals surface area contributed by atoms with Gasteiger partial charge >= 0.3 is 0 Å². The number of fused-ring (bicyclic) bond motifs is 1. The maximum absolute atomic E-state index is 14.0. The summed E-state index contributed by atoms with van der Waals surface area (Å²) in [5, 5.41) is 3.86. The Morgan fingerprint density at radius 1 is 0.957 bits per heavy atom. The normalized spacial score (nSPS) is 16.2. The molecule has 0 bridgehead atoms. The Morgan fingerprint density at radius 2 is 1.67 bits per heavy atom. The van der Waals surface area contributed by atoms with E-state index in [0.29, 0.717) is 42.0 Å². The third-order valence-electron chi connectivity index (χ3n) is 9.36. The fraction of sp³-hybridized carbons (Fsp3) is 0.351. The Bertz CT molecular complexity index is 1840. The van der Waals surface area contributed by atoms with Gasteiger partial charge in [-0.15, -0.1) is 0 Å². The highest BCUT2D eigenvalue weighted by atomic mass is 35.5. The van der Waals surface area contributed by atoms with E-state index in [0.717, 1.165) is 48.1 Å². The average molecular weight is 640 g/mol. The van der Waals surface area contributed by atoms with Crippen LogP contribution >= 0.6 is 11.6 Å². The number of amides is 3. The molecule has 1 atom stereocenters. The number of likely N-dealkylation sites (tertiary alicyclic amines) is 2. The van der Waals surface area contributed by atoms with Crippen LogP contribution in [0.3, 0.4) is 0 Å². The minimum absolute atomic E-state index is 0.138. The summed E-state index contributed by atoms with van der Waals surface area (Å²) in [7, 11) is 0. The summed E-state index contributed by atoms with van der Waals surface area (Å²) >= 11 is 6.10. The molecule has 2 fully saturated rings. The van der Waals surface area contributed by atoms with Gasteiger partial charge in [0.2, 0.25) is 11.8 Å². The second-order valence-electron chi connectivity index (χ2n) is 12.5. The summed E-state index contributed by atoms with van der Waals surface area (Å²) in [5.41, 5.74) is 5.16. The van der Waals surface area contributed by atoms with Crippen LogP contribution in [0.2, 0.25) is 5.02 Å². The van der Waals surface area contributed by atoms with Gasteiger partial charge in [-0.3, -0.25) is 19.2 Å². The lowest BCUT2D eigenvalue weighted by Gasteiger charge is -2.35. The SMILES string of the molecule is Cc1cc2oc(C(=O)N[C@H](Cc3ccc(Cl)cc3)C(=O)N3CCC(c4ccccc4CN4CCCC4=O)CC3)cc(=O)c2cc1C. The number of piperidine rings is 1. The molecule has 1 aromatic heterocycles. The number of carbonyl (C=O) groups excluding carboxylic acids is 3. The van der Waals surface area contributed by atoms with E-state index in [1.54, 1.807) is 24.3 Å². The number of nitrogens with zero attached hydrogens (tertiary/aromatic N) is 2. The van der Waals surface area contributed by atoms with Crippen LogP contribution in [0.4, 0.5) is 0 Å². The molecule has 2 saturated heterocycles. The van der Waals surface area contributed by atoms with Crippen LogP contribution in [0.25, 0.3) is 11.0 Å². The lowest BCUT2D eigenvalue weighted by atomic mass is 9.86. The molecule has 0 spiro atoms. The number of carbonyl (C=O) groups is 3. The fourth-order valence-electron chi connectivity index (χ4n) is 6.59. The maximum atomic E-state index is 14.0. The smallest absolute Gasteiger partial charge is 0.287 e. The second kappa shape index (κ2) is 13.5. The number of halogens is 1. The van der Waals surface area contributed by atoms with E-state index in [1.807, 2.05) is 47.9 Å². The van der Waals surface area contributed by atoms with Gasteiger partial charge in [0.15, 0.2) is 11.2 Å². The van der Waals surface area contributed by atoms with E-state index in [1.165, 1.54) is 11.6 Å². The number of hydrogen-bond acceptors (Lipinski definition) is 5. The Hall–Kier alpha value is -4.43. The zero-order valence-electron chi connectivity index (χ0n) is 26.2. The van der Waals surface area contributed by atoms with Crippen molar-refractivity contribution in [2.24, 2.45) is 0 Å². The van der Waals surface area contributed by atoms with Gasteiger partial charge in [-0.2, -0.15) is 0 Å². The van der Waals surface area contributed by atoms with Crippen LogP contribution < -0.4 is 10.7 Å². The van der Waals surface area contributed by atoms with Crippen LogP contribution in [0.1, 0.15) is 70.0 Å². The third-order valence-corrected chi connectivity index (χ3v) is 9.61. The topological polar surface area (TPSA) is 99.9 Å². The van der Waals surface area contributed by atoms with Gasteiger partial charge in [-0.1, -0.05) is 48.0 Å². The number of hydrogen-bond donors (Lipinski definition) is 1. The lowest BCUT2D eigenvalue weighted by molar-refractivity contribution is -0.134. The second-order valence-corrected chi connectivity index (χ2v) is 12.9. The summed E-state index contributed by atoms with van der Waals surface area (Å²) in [5.74, 6) is -0.475. The van der Waals surface area contributed by atoms with Crippen molar-refractivity contribution >= 4 is 40.3 Å². The first-order valence-electron chi connectivity index (χ1n) is 15.9. The molecule has 238 valence electrons. The van der Waals surface area contributed by atoms with Gasteiger partial charge in [0.1, 0.15) is 11.6 Å². The van der Waals surface area contributed by atoms with Crippen LogP contribution in [0.5, 0.6) is 0 Å². The van der Waals surface area contributed by atoms with Crippen LogP contribution in [0.15, 0.2) is 75.9 Å². The zero-order chi connectivity index (χ0) is 32.4. The van der Waals surface area contributed by atoms with Gasteiger partial charge in [-0.05, 0) is 91.1 Å². The molecule has 2 aliphatic rings. The Morgan fingerprint density at radius 3 is 2.39 bits per heavy atom. The molecule has 0 unspecified atom stereocenters. The molecule has 46 heavy (non-hydrogen) atoms. The first kappa shape index (κ1) is 31.5. The Balaban J connectivity index is 1.19. The van der Waals surface area contributed by atoms with Crippen molar-refractivity contribution in [2.75, 3.05) is 19.6 Å². The van der Waals surface area contributed by atoms with E-state index >= 15 is 0 Å². The fourth-order valence-corrected chi connectivity index (χ4v) is 6.72. The maximum Gasteiger partial charge on any atom is 0.287 e. The minimum Gasteiger partial charge on any atom is -0.451 e. The van der Waals surface area contributed by atoms with Crippen molar-refractivity contribution in [1.82, 2.24) is 15.1 Å². The van der Waals surface area contributed by atoms with Gasteiger partial charge in [0, 0.05) is 50.1 Å². The average Bonchev–Trinajstić information content (AvgIpc) is 3.46. The van der Waals surface area contributed by atoms with Crippen LogP contribution in [0, 0.1) is 13.8 Å². The standard InChI is InChI=1S/C37H38ClN3O5/c1-23-18-30-32(42)21-34(46-33(30)19-24(23)2)36(44)39-31(20-25-9-11-28(38)12-10-25)37(45)40-16-13-26(14-17-40)29-7-4-3-6-27(29)22-41-15-5-8-35(41)43/h3-4,6-7,9-12,18-19,21,26,31H,5,8,13-17,20,22H2,1-2H3,(H,39,44)/t31-/m1/s1. The zero-order valence-corrected chi connectivity index (χ0v) is 26.9. The first-order chi connectivity index (χ1) is 22.2. The number of benzene rings is 3. The molecule has 3 heterocycles. The van der Waals surface area contributed by atoms with E-state index in [4.69, 9.17) is 16.0 Å². The molecule has 0 radical (unpaired) electrons. The summed E-state index contributed by atoms with van der Waals surface area (Å²) in [6.07, 6.45) is 3.32. The highest BCUT2D eigenvalue weighted by Gasteiger charge is 2.32. The molecule has 4 aromatic rings. The molecule has 0 saturated carbocycles. The van der Waals surface area contributed by atoms with Gasteiger partial charge in [0.05, 0.1) is 5.39 Å². The molecule has 6 rings (SSSR count). The molecule has 1 N–H and O–H groups in total. The molecular weight excluding hydrogens is 602 g/mol. The van der Waals surface area contributed by atoms with Gasteiger partial charge in [0.25, 0.3) is 5.91 Å².